The molecule has 1 atom stereocenters. The van der Waals surface area contributed by atoms with E-state index < -0.39 is 45.1 Å². The van der Waals surface area contributed by atoms with Crippen LogP contribution in [-0.4, -0.2) is 18.3 Å². The molecule has 140 valence electrons. The number of nitrogens with one attached hydrogen (secondary N) is 1. The minimum atomic E-state index is -2.24. The van der Waals surface area contributed by atoms with Crippen LogP contribution in [0.1, 0.15) is 12.5 Å². The molecule has 0 aliphatic carbocycles. The summed E-state index contributed by atoms with van der Waals surface area (Å²) in [5.41, 5.74) is 0.743. The first-order chi connectivity index (χ1) is 12.3. The van der Waals surface area contributed by atoms with Crippen molar-refractivity contribution in [2.75, 3.05) is 7.11 Å². The molecule has 0 saturated heterocycles. The molecule has 2 rings (SSSR count). The van der Waals surface area contributed by atoms with Gasteiger partial charge in [-0.15, -0.1) is 11.8 Å². The van der Waals surface area contributed by atoms with Gasteiger partial charge in [0.25, 0.3) is 0 Å². The van der Waals surface area contributed by atoms with Gasteiger partial charge < -0.3 is 10.1 Å². The number of halogens is 5. The van der Waals surface area contributed by atoms with Crippen LogP contribution in [0.15, 0.2) is 29.2 Å². The number of methoxy groups -OCH3 is 1. The highest BCUT2D eigenvalue weighted by molar-refractivity contribution is 8.00. The van der Waals surface area contributed by atoms with Gasteiger partial charge in [-0.05, 0) is 24.6 Å². The molecule has 3 nitrogen and oxygen atoms in total. The Labute approximate surface area is 150 Å². The zero-order valence-corrected chi connectivity index (χ0v) is 14.5. The summed E-state index contributed by atoms with van der Waals surface area (Å²) >= 11 is 0.254. The number of carbonyl (C=O) groups is 1. The smallest absolute Gasteiger partial charge is 0.233 e. The number of hydrogen-bond acceptors (Lipinski definition) is 3. The molecular formula is C17H14F5NO2S. The fourth-order valence-electron chi connectivity index (χ4n) is 1.99. The second-order valence-corrected chi connectivity index (χ2v) is 6.58. The maximum Gasteiger partial charge on any atom is 0.233 e. The largest absolute Gasteiger partial charge is 0.497 e. The highest BCUT2D eigenvalue weighted by Crippen LogP contribution is 2.33. The zero-order valence-electron chi connectivity index (χ0n) is 13.7. The molecule has 26 heavy (non-hydrogen) atoms. The molecule has 0 fully saturated rings. The van der Waals surface area contributed by atoms with Crippen molar-refractivity contribution in [3.05, 3.63) is 58.9 Å². The van der Waals surface area contributed by atoms with E-state index in [1.807, 2.05) is 0 Å². The third kappa shape index (κ3) is 4.27. The minimum Gasteiger partial charge on any atom is -0.497 e. The van der Waals surface area contributed by atoms with E-state index in [-0.39, 0.29) is 18.3 Å². The van der Waals surface area contributed by atoms with Gasteiger partial charge in [0.1, 0.15) is 5.75 Å². The van der Waals surface area contributed by atoms with Crippen molar-refractivity contribution in [3.63, 3.8) is 0 Å². The maximum absolute atomic E-state index is 13.7. The van der Waals surface area contributed by atoms with Crippen LogP contribution in [0.25, 0.3) is 0 Å². The average molecular weight is 391 g/mol. The fourth-order valence-corrected chi connectivity index (χ4v) is 2.92. The first-order valence-electron chi connectivity index (χ1n) is 7.35. The van der Waals surface area contributed by atoms with E-state index in [1.165, 1.54) is 14.0 Å². The predicted octanol–water partition coefficient (Wildman–Crippen LogP) is 4.19. The number of benzene rings is 2. The Morgan fingerprint density at radius 1 is 1.00 bits per heavy atom. The zero-order chi connectivity index (χ0) is 19.4. The van der Waals surface area contributed by atoms with Crippen molar-refractivity contribution >= 4 is 17.7 Å². The number of ether oxygens (including phenoxy) is 1. The van der Waals surface area contributed by atoms with Crippen LogP contribution in [-0.2, 0) is 11.3 Å². The van der Waals surface area contributed by atoms with Crippen LogP contribution in [0.2, 0.25) is 0 Å². The van der Waals surface area contributed by atoms with E-state index in [4.69, 9.17) is 4.74 Å². The Balaban J connectivity index is 2.05. The summed E-state index contributed by atoms with van der Waals surface area (Å²) in [6, 6.07) is 6.80. The molecule has 0 bridgehead atoms. The number of amides is 1. The van der Waals surface area contributed by atoms with Crippen molar-refractivity contribution < 1.29 is 31.5 Å². The first kappa shape index (κ1) is 20.0. The van der Waals surface area contributed by atoms with Crippen LogP contribution in [0, 0.1) is 29.1 Å². The third-order valence-corrected chi connectivity index (χ3v) is 4.62. The highest BCUT2D eigenvalue weighted by Gasteiger charge is 2.28. The Morgan fingerprint density at radius 3 is 2.00 bits per heavy atom. The van der Waals surface area contributed by atoms with Gasteiger partial charge in [0, 0.05) is 6.54 Å². The van der Waals surface area contributed by atoms with Gasteiger partial charge in [-0.3, -0.25) is 4.79 Å². The summed E-state index contributed by atoms with van der Waals surface area (Å²) in [7, 11) is 1.51. The Hall–Kier alpha value is -2.29. The average Bonchev–Trinajstić information content (AvgIpc) is 2.66. The molecule has 0 aromatic heterocycles. The first-order valence-corrected chi connectivity index (χ1v) is 8.23. The fraction of sp³-hybridized carbons (Fsp3) is 0.235. The van der Waals surface area contributed by atoms with E-state index in [0.717, 1.165) is 5.56 Å². The van der Waals surface area contributed by atoms with Crippen LogP contribution in [0.4, 0.5) is 22.0 Å². The summed E-state index contributed by atoms with van der Waals surface area (Å²) in [4.78, 5) is 11.0. The molecule has 1 N–H and O–H groups in total. The van der Waals surface area contributed by atoms with Gasteiger partial charge in [0.2, 0.25) is 11.7 Å². The second kappa shape index (κ2) is 8.39. The molecular weight excluding hydrogens is 377 g/mol. The topological polar surface area (TPSA) is 38.3 Å². The Morgan fingerprint density at radius 2 is 1.50 bits per heavy atom. The molecule has 0 saturated carbocycles. The Bertz CT molecular complexity index is 785. The standard InChI is InChI=1S/C17H14F5NO2S/c1-8(17(24)23-7-9-3-5-10(25-2)6-4-9)26-16-14(21)12(19)11(18)13(20)15(16)22/h3-6,8H,7H2,1-2H3,(H,23,24)/t8-/m1/s1. The predicted molar refractivity (Wildman–Crippen MR) is 86.4 cm³/mol. The van der Waals surface area contributed by atoms with E-state index in [2.05, 4.69) is 5.32 Å². The lowest BCUT2D eigenvalue weighted by Gasteiger charge is -2.14. The third-order valence-electron chi connectivity index (χ3n) is 3.46. The van der Waals surface area contributed by atoms with E-state index in [1.54, 1.807) is 24.3 Å². The molecule has 2 aromatic rings. The monoisotopic (exact) mass is 391 g/mol. The maximum atomic E-state index is 13.7. The number of thioether (sulfide) groups is 1. The van der Waals surface area contributed by atoms with E-state index >= 15 is 0 Å². The van der Waals surface area contributed by atoms with Crippen molar-refractivity contribution in [3.8, 4) is 5.75 Å². The summed E-state index contributed by atoms with van der Waals surface area (Å²) in [5.74, 6) is -10.2. The lowest BCUT2D eigenvalue weighted by atomic mass is 10.2. The van der Waals surface area contributed by atoms with Crippen molar-refractivity contribution in [1.82, 2.24) is 5.32 Å². The van der Waals surface area contributed by atoms with Crippen LogP contribution < -0.4 is 10.1 Å². The normalized spacial score (nSPS) is 12.0. The summed E-state index contributed by atoms with van der Waals surface area (Å²) < 4.78 is 71.8. The lowest BCUT2D eigenvalue weighted by molar-refractivity contribution is -0.120. The minimum absolute atomic E-state index is 0.130. The lowest BCUT2D eigenvalue weighted by Crippen LogP contribution is -2.30. The molecule has 0 heterocycles. The summed E-state index contributed by atoms with van der Waals surface area (Å²) in [6.07, 6.45) is 0. The highest BCUT2D eigenvalue weighted by atomic mass is 32.2. The number of carbonyl (C=O) groups excluding carboxylic acids is 1. The van der Waals surface area contributed by atoms with Crippen LogP contribution in [0.5, 0.6) is 5.75 Å². The van der Waals surface area contributed by atoms with Gasteiger partial charge in [0.15, 0.2) is 23.3 Å². The van der Waals surface area contributed by atoms with Gasteiger partial charge >= 0.3 is 0 Å². The molecule has 0 aliphatic rings. The van der Waals surface area contributed by atoms with Crippen molar-refractivity contribution in [2.45, 2.75) is 23.6 Å². The second-order valence-electron chi connectivity index (χ2n) is 5.22. The number of rotatable bonds is 6. The molecule has 0 spiro atoms. The summed E-state index contributed by atoms with van der Waals surface area (Å²) in [5, 5.41) is 1.45. The quantitative estimate of drug-likeness (QED) is 0.347. The molecule has 0 radical (unpaired) electrons. The Kier molecular flexibility index (Phi) is 6.47. The molecule has 0 unspecified atom stereocenters. The van der Waals surface area contributed by atoms with Crippen molar-refractivity contribution in [1.29, 1.82) is 0 Å². The van der Waals surface area contributed by atoms with Crippen molar-refractivity contribution in [2.24, 2.45) is 0 Å². The van der Waals surface area contributed by atoms with Crippen LogP contribution in [0.3, 0.4) is 0 Å². The van der Waals surface area contributed by atoms with Gasteiger partial charge in [-0.2, -0.15) is 0 Å². The molecule has 0 aliphatic heterocycles. The van der Waals surface area contributed by atoms with Gasteiger partial charge in [0.05, 0.1) is 17.3 Å². The SMILES string of the molecule is COc1ccc(CNC(=O)[C@@H](C)Sc2c(F)c(F)c(F)c(F)c2F)cc1. The van der Waals surface area contributed by atoms with E-state index in [0.29, 0.717) is 5.75 Å². The molecule has 1 amide bonds. The van der Waals surface area contributed by atoms with Gasteiger partial charge in [-0.25, -0.2) is 22.0 Å². The van der Waals surface area contributed by atoms with Gasteiger partial charge in [-0.1, -0.05) is 12.1 Å². The van der Waals surface area contributed by atoms with E-state index in [9.17, 15) is 26.7 Å². The molecule has 2 aromatic carbocycles. The molecule has 9 heteroatoms. The summed E-state index contributed by atoms with van der Waals surface area (Å²) in [6.45, 7) is 1.43. The van der Waals surface area contributed by atoms with Crippen LogP contribution >= 0.6 is 11.8 Å². The number of hydrogen-bond donors (Lipinski definition) is 1.